The first-order valence-corrected chi connectivity index (χ1v) is 5.41. The molecule has 0 amide bonds. The highest BCUT2D eigenvalue weighted by Crippen LogP contribution is 2.22. The van der Waals surface area contributed by atoms with Gasteiger partial charge in [-0.3, -0.25) is 4.57 Å². The van der Waals surface area contributed by atoms with Crippen LogP contribution in [0.1, 0.15) is 5.56 Å². The average molecular weight is 272 g/mol. The lowest BCUT2D eigenvalue weighted by Crippen LogP contribution is -2.22. The normalized spacial score (nSPS) is 11.6. The van der Waals surface area contributed by atoms with Crippen LogP contribution in [0.5, 0.6) is 5.75 Å². The van der Waals surface area contributed by atoms with E-state index >= 15 is 0 Å². The van der Waals surface area contributed by atoms with Gasteiger partial charge in [0.25, 0.3) is 0 Å². The standard InChI is InChI=1S/C12H11F3N2O2/c1-16-6-7-17(11(16)18)8-9-2-4-10(5-3-9)19-12(13,14)15/h2-7H,8H2,1H3. The third-order valence-corrected chi connectivity index (χ3v) is 2.53. The lowest BCUT2D eigenvalue weighted by molar-refractivity contribution is -0.274. The molecule has 0 aliphatic rings. The number of imidazole rings is 1. The molecular weight excluding hydrogens is 261 g/mol. The Bertz CT molecular complexity index is 611. The first kappa shape index (κ1) is 13.3. The van der Waals surface area contributed by atoms with Crippen LogP contribution >= 0.6 is 0 Å². The molecule has 2 rings (SSSR count). The maximum absolute atomic E-state index is 12.0. The molecule has 4 nitrogen and oxygen atoms in total. The van der Waals surface area contributed by atoms with Gasteiger partial charge in [0.15, 0.2) is 0 Å². The quantitative estimate of drug-likeness (QED) is 0.858. The summed E-state index contributed by atoms with van der Waals surface area (Å²) < 4.78 is 42.6. The van der Waals surface area contributed by atoms with Gasteiger partial charge in [-0.15, -0.1) is 13.2 Å². The summed E-state index contributed by atoms with van der Waals surface area (Å²) in [5.41, 5.74) is 0.526. The zero-order valence-corrected chi connectivity index (χ0v) is 10.0. The molecule has 102 valence electrons. The lowest BCUT2D eigenvalue weighted by atomic mass is 10.2. The van der Waals surface area contributed by atoms with E-state index < -0.39 is 6.36 Å². The molecule has 0 unspecified atom stereocenters. The Balaban J connectivity index is 2.11. The fourth-order valence-electron chi connectivity index (χ4n) is 1.62. The van der Waals surface area contributed by atoms with Crippen molar-refractivity contribution in [3.63, 3.8) is 0 Å². The predicted molar refractivity (Wildman–Crippen MR) is 61.9 cm³/mol. The van der Waals surface area contributed by atoms with Crippen LogP contribution in [0.3, 0.4) is 0 Å². The molecule has 0 aliphatic heterocycles. The van der Waals surface area contributed by atoms with Gasteiger partial charge in [-0.25, -0.2) is 4.79 Å². The number of nitrogens with zero attached hydrogens (tertiary/aromatic N) is 2. The van der Waals surface area contributed by atoms with Gasteiger partial charge in [-0.2, -0.15) is 0 Å². The van der Waals surface area contributed by atoms with E-state index in [1.165, 1.54) is 33.4 Å². The molecule has 0 spiro atoms. The molecule has 0 aliphatic carbocycles. The monoisotopic (exact) mass is 272 g/mol. The van der Waals surface area contributed by atoms with E-state index in [2.05, 4.69) is 4.74 Å². The maximum atomic E-state index is 12.0. The van der Waals surface area contributed by atoms with Crippen LogP contribution < -0.4 is 10.4 Å². The van der Waals surface area contributed by atoms with Crippen molar-refractivity contribution in [3.8, 4) is 5.75 Å². The molecule has 1 aromatic heterocycles. The van der Waals surface area contributed by atoms with Crippen LogP contribution in [0.2, 0.25) is 0 Å². The second-order valence-electron chi connectivity index (χ2n) is 4.01. The molecular formula is C12H11F3N2O2. The molecule has 1 aromatic carbocycles. The van der Waals surface area contributed by atoms with Crippen molar-refractivity contribution in [1.29, 1.82) is 0 Å². The smallest absolute Gasteiger partial charge is 0.406 e. The number of benzene rings is 1. The fraction of sp³-hybridized carbons (Fsp3) is 0.250. The first-order valence-electron chi connectivity index (χ1n) is 5.41. The minimum Gasteiger partial charge on any atom is -0.406 e. The molecule has 19 heavy (non-hydrogen) atoms. The number of alkyl halides is 3. The number of hydrogen-bond donors (Lipinski definition) is 0. The van der Waals surface area contributed by atoms with Gasteiger partial charge in [0.2, 0.25) is 0 Å². The SMILES string of the molecule is Cn1ccn(Cc2ccc(OC(F)(F)F)cc2)c1=O. The van der Waals surface area contributed by atoms with Crippen molar-refractivity contribution >= 4 is 0 Å². The third kappa shape index (κ3) is 3.40. The van der Waals surface area contributed by atoms with Gasteiger partial charge in [0.05, 0.1) is 6.54 Å². The van der Waals surface area contributed by atoms with E-state index in [9.17, 15) is 18.0 Å². The van der Waals surface area contributed by atoms with Crippen molar-refractivity contribution in [2.75, 3.05) is 0 Å². The van der Waals surface area contributed by atoms with Crippen molar-refractivity contribution in [3.05, 3.63) is 52.7 Å². The molecule has 0 atom stereocenters. The summed E-state index contributed by atoms with van der Waals surface area (Å²) in [6.07, 6.45) is -1.47. The second kappa shape index (κ2) is 4.83. The Labute approximate surface area is 106 Å². The molecule has 7 heteroatoms. The van der Waals surface area contributed by atoms with Crippen LogP contribution in [0.25, 0.3) is 0 Å². The minimum atomic E-state index is -4.70. The number of aromatic nitrogens is 2. The Kier molecular flexibility index (Phi) is 3.37. The number of halogens is 3. The zero-order valence-electron chi connectivity index (χ0n) is 10.0. The van der Waals surface area contributed by atoms with Crippen LogP contribution in [0.4, 0.5) is 13.2 Å². The number of aryl methyl sites for hydroxylation is 1. The minimum absolute atomic E-state index is 0.185. The molecule has 0 saturated carbocycles. The summed E-state index contributed by atoms with van der Waals surface area (Å²) in [5.74, 6) is -0.281. The molecule has 0 saturated heterocycles. The Hall–Kier alpha value is -2.18. The Morgan fingerprint density at radius 1 is 1.16 bits per heavy atom. The Morgan fingerprint density at radius 3 is 2.26 bits per heavy atom. The maximum Gasteiger partial charge on any atom is 0.573 e. The summed E-state index contributed by atoms with van der Waals surface area (Å²) >= 11 is 0. The number of hydrogen-bond acceptors (Lipinski definition) is 2. The van der Waals surface area contributed by atoms with E-state index in [0.717, 1.165) is 0 Å². The zero-order chi connectivity index (χ0) is 14.0. The van der Waals surface area contributed by atoms with Crippen molar-refractivity contribution in [1.82, 2.24) is 9.13 Å². The molecule has 0 radical (unpaired) electrons. The largest absolute Gasteiger partial charge is 0.573 e. The lowest BCUT2D eigenvalue weighted by Gasteiger charge is -2.09. The van der Waals surface area contributed by atoms with E-state index in [4.69, 9.17) is 0 Å². The summed E-state index contributed by atoms with van der Waals surface area (Å²) in [4.78, 5) is 11.6. The molecule has 0 bridgehead atoms. The number of ether oxygens (including phenoxy) is 1. The van der Waals surface area contributed by atoms with E-state index in [0.29, 0.717) is 12.1 Å². The van der Waals surface area contributed by atoms with Gasteiger partial charge in [0.1, 0.15) is 5.75 Å². The Morgan fingerprint density at radius 2 is 1.79 bits per heavy atom. The van der Waals surface area contributed by atoms with Crippen molar-refractivity contribution < 1.29 is 17.9 Å². The van der Waals surface area contributed by atoms with Crippen molar-refractivity contribution in [2.45, 2.75) is 12.9 Å². The summed E-state index contributed by atoms with van der Waals surface area (Å²) in [6.45, 7) is 0.298. The van der Waals surface area contributed by atoms with Crippen molar-refractivity contribution in [2.24, 2.45) is 7.05 Å². The van der Waals surface area contributed by atoms with Crippen LogP contribution in [-0.2, 0) is 13.6 Å². The molecule has 0 fully saturated rings. The highest BCUT2D eigenvalue weighted by Gasteiger charge is 2.30. The summed E-state index contributed by atoms with van der Waals surface area (Å²) in [7, 11) is 1.62. The molecule has 0 N–H and O–H groups in total. The highest BCUT2D eigenvalue weighted by molar-refractivity contribution is 5.27. The average Bonchev–Trinajstić information content (AvgIpc) is 2.62. The first-order chi connectivity index (χ1) is 8.85. The summed E-state index contributed by atoms with van der Waals surface area (Å²) in [6, 6.07) is 5.41. The second-order valence-corrected chi connectivity index (χ2v) is 4.01. The number of rotatable bonds is 3. The predicted octanol–water partition coefficient (Wildman–Crippen LogP) is 2.13. The summed E-state index contributed by atoms with van der Waals surface area (Å²) in [5, 5.41) is 0. The third-order valence-electron chi connectivity index (χ3n) is 2.53. The van der Waals surface area contributed by atoms with Gasteiger partial charge in [-0.1, -0.05) is 12.1 Å². The fourth-order valence-corrected chi connectivity index (χ4v) is 1.62. The van der Waals surface area contributed by atoms with E-state index in [1.54, 1.807) is 19.4 Å². The highest BCUT2D eigenvalue weighted by atomic mass is 19.4. The van der Waals surface area contributed by atoms with Gasteiger partial charge >= 0.3 is 12.1 Å². The van der Waals surface area contributed by atoms with Gasteiger partial charge < -0.3 is 9.30 Å². The van der Waals surface area contributed by atoms with Crippen LogP contribution in [0.15, 0.2) is 41.5 Å². The van der Waals surface area contributed by atoms with Gasteiger partial charge in [-0.05, 0) is 17.7 Å². The van der Waals surface area contributed by atoms with E-state index in [-0.39, 0.29) is 11.4 Å². The topological polar surface area (TPSA) is 36.2 Å². The van der Waals surface area contributed by atoms with E-state index in [1.807, 2.05) is 0 Å². The molecule has 1 heterocycles. The molecule has 2 aromatic rings. The van der Waals surface area contributed by atoms with Crippen LogP contribution in [0, 0.1) is 0 Å². The van der Waals surface area contributed by atoms with Crippen LogP contribution in [-0.4, -0.2) is 15.5 Å². The van der Waals surface area contributed by atoms with Gasteiger partial charge in [0, 0.05) is 19.4 Å².